The summed E-state index contributed by atoms with van der Waals surface area (Å²) in [5, 5.41) is 0. The molecule has 0 amide bonds. The van der Waals surface area contributed by atoms with Crippen molar-refractivity contribution in [1.82, 2.24) is 0 Å². The molecule has 15 heavy (non-hydrogen) atoms. The monoisotopic (exact) mass is 201 g/mol. The summed E-state index contributed by atoms with van der Waals surface area (Å²) in [5.41, 5.74) is 8.63. The van der Waals surface area contributed by atoms with Crippen molar-refractivity contribution in [2.24, 2.45) is 5.73 Å². The van der Waals surface area contributed by atoms with Crippen LogP contribution >= 0.6 is 0 Å². The van der Waals surface area contributed by atoms with Crippen molar-refractivity contribution >= 4 is 0 Å². The lowest BCUT2D eigenvalue weighted by Gasteiger charge is -2.10. The van der Waals surface area contributed by atoms with Gasteiger partial charge in [0.1, 0.15) is 0 Å². The molecule has 1 heteroatoms. The highest BCUT2D eigenvalue weighted by atomic mass is 14.6. The minimum Gasteiger partial charge on any atom is -0.324 e. The fraction of sp³-hybridized carbons (Fsp3) is 0.429. The maximum Gasteiger partial charge on any atom is 0.0303 e. The second-order valence-corrected chi connectivity index (χ2v) is 3.67. The lowest BCUT2D eigenvalue weighted by atomic mass is 10.0. The van der Waals surface area contributed by atoms with Crippen LogP contribution in [0.2, 0.25) is 0 Å². The Balaban J connectivity index is 2.56. The lowest BCUT2D eigenvalue weighted by molar-refractivity contribution is 0.667. The molecule has 0 aliphatic rings. The molecule has 0 spiro atoms. The van der Waals surface area contributed by atoms with E-state index in [9.17, 15) is 0 Å². The highest BCUT2D eigenvalue weighted by Crippen LogP contribution is 2.16. The van der Waals surface area contributed by atoms with Gasteiger partial charge in [0.15, 0.2) is 0 Å². The van der Waals surface area contributed by atoms with Gasteiger partial charge in [-0.3, -0.25) is 0 Å². The van der Waals surface area contributed by atoms with Gasteiger partial charge in [0.25, 0.3) is 0 Å². The molecule has 0 radical (unpaired) electrons. The van der Waals surface area contributed by atoms with Gasteiger partial charge in [0.2, 0.25) is 0 Å². The molecule has 1 atom stereocenters. The smallest absolute Gasteiger partial charge is 0.0303 e. The Morgan fingerprint density at radius 2 is 1.93 bits per heavy atom. The van der Waals surface area contributed by atoms with Crippen LogP contribution in [0.4, 0.5) is 0 Å². The summed E-state index contributed by atoms with van der Waals surface area (Å²) in [6.45, 7) is 4.02. The molecule has 80 valence electrons. The Morgan fingerprint density at radius 3 is 2.47 bits per heavy atom. The molecule has 0 saturated carbocycles. The Labute approximate surface area is 92.7 Å². The van der Waals surface area contributed by atoms with Crippen molar-refractivity contribution in [1.29, 1.82) is 0 Å². The molecule has 1 aromatic rings. The van der Waals surface area contributed by atoms with Crippen LogP contribution in [0.1, 0.15) is 43.9 Å². The molecule has 0 aromatic heterocycles. The molecular formula is C14H19N. The summed E-state index contributed by atoms with van der Waals surface area (Å²) in [6, 6.07) is 8.68. The number of nitrogens with two attached hydrogens (primary N) is 1. The molecule has 0 heterocycles. The number of aryl methyl sites for hydroxylation is 1. The normalized spacial score (nSPS) is 11.7. The molecule has 1 aromatic carbocycles. The van der Waals surface area contributed by atoms with E-state index in [0.29, 0.717) is 0 Å². The molecule has 1 nitrogen and oxygen atoms in total. The molecule has 1 rings (SSSR count). The molecule has 2 N–H and O–H groups in total. The van der Waals surface area contributed by atoms with Gasteiger partial charge in [-0.1, -0.05) is 31.2 Å². The third kappa shape index (κ3) is 3.77. The van der Waals surface area contributed by atoms with Gasteiger partial charge >= 0.3 is 0 Å². The average Bonchev–Trinajstić information content (AvgIpc) is 2.29. The lowest BCUT2D eigenvalue weighted by Crippen LogP contribution is -2.09. The van der Waals surface area contributed by atoms with Crippen molar-refractivity contribution in [2.75, 3.05) is 0 Å². The first-order valence-electron chi connectivity index (χ1n) is 5.52. The van der Waals surface area contributed by atoms with E-state index in [1.807, 2.05) is 6.92 Å². The molecular weight excluding hydrogens is 182 g/mol. The fourth-order valence-corrected chi connectivity index (χ4v) is 1.52. The second-order valence-electron chi connectivity index (χ2n) is 3.67. The minimum absolute atomic E-state index is 0.122. The highest BCUT2D eigenvalue weighted by molar-refractivity contribution is 5.24. The molecule has 0 aliphatic heterocycles. The van der Waals surface area contributed by atoms with Crippen LogP contribution in [0.25, 0.3) is 0 Å². The Kier molecular flexibility index (Phi) is 4.93. The molecule has 0 bridgehead atoms. The van der Waals surface area contributed by atoms with Crippen LogP contribution in [0.15, 0.2) is 24.3 Å². The van der Waals surface area contributed by atoms with E-state index in [1.165, 1.54) is 11.1 Å². The summed E-state index contributed by atoms with van der Waals surface area (Å²) in [7, 11) is 0. The van der Waals surface area contributed by atoms with E-state index in [4.69, 9.17) is 5.73 Å². The van der Waals surface area contributed by atoms with Crippen LogP contribution in [0, 0.1) is 11.8 Å². The van der Waals surface area contributed by atoms with Crippen molar-refractivity contribution in [3.8, 4) is 11.8 Å². The van der Waals surface area contributed by atoms with E-state index < -0.39 is 0 Å². The van der Waals surface area contributed by atoms with Gasteiger partial charge in [-0.25, -0.2) is 0 Å². The zero-order valence-corrected chi connectivity index (χ0v) is 9.59. The molecule has 0 aliphatic carbocycles. The van der Waals surface area contributed by atoms with Crippen LogP contribution < -0.4 is 5.73 Å². The van der Waals surface area contributed by atoms with Gasteiger partial charge in [-0.05, 0) is 30.9 Å². The molecule has 1 unspecified atom stereocenters. The first-order chi connectivity index (χ1) is 7.27. The van der Waals surface area contributed by atoms with Gasteiger partial charge in [-0.2, -0.15) is 0 Å². The largest absolute Gasteiger partial charge is 0.324 e. The zero-order chi connectivity index (χ0) is 11.1. The predicted molar refractivity (Wildman–Crippen MR) is 65.4 cm³/mol. The topological polar surface area (TPSA) is 26.0 Å². The van der Waals surface area contributed by atoms with Crippen LogP contribution in [-0.4, -0.2) is 0 Å². The van der Waals surface area contributed by atoms with Crippen LogP contribution in [0.3, 0.4) is 0 Å². The van der Waals surface area contributed by atoms with E-state index >= 15 is 0 Å². The van der Waals surface area contributed by atoms with Crippen molar-refractivity contribution in [3.63, 3.8) is 0 Å². The van der Waals surface area contributed by atoms with Crippen molar-refractivity contribution < 1.29 is 0 Å². The third-order valence-electron chi connectivity index (χ3n) is 2.57. The Bertz CT molecular complexity index is 340. The van der Waals surface area contributed by atoms with Gasteiger partial charge in [0, 0.05) is 12.5 Å². The third-order valence-corrected chi connectivity index (χ3v) is 2.57. The summed E-state index contributed by atoms with van der Waals surface area (Å²) in [4.78, 5) is 0. The van der Waals surface area contributed by atoms with Gasteiger partial charge in [-0.15, -0.1) is 11.8 Å². The van der Waals surface area contributed by atoms with Gasteiger partial charge < -0.3 is 5.73 Å². The average molecular weight is 201 g/mol. The number of hydrogen-bond donors (Lipinski definition) is 1. The fourth-order valence-electron chi connectivity index (χ4n) is 1.52. The summed E-state index contributed by atoms with van der Waals surface area (Å²) >= 11 is 0. The highest BCUT2D eigenvalue weighted by Gasteiger charge is 2.04. The van der Waals surface area contributed by atoms with E-state index in [2.05, 4.69) is 43.0 Å². The standard InChI is InChI=1S/C14H19N/c1-3-5-6-7-14(15)13-10-8-12(4-2)9-11-13/h8-11,14H,4,6-7,15H2,1-2H3. The van der Waals surface area contributed by atoms with Crippen molar-refractivity contribution in [3.05, 3.63) is 35.4 Å². The predicted octanol–water partition coefficient (Wildman–Crippen LogP) is 3.05. The summed E-state index contributed by atoms with van der Waals surface area (Å²) in [6.07, 6.45) is 2.90. The molecule has 0 fully saturated rings. The Hall–Kier alpha value is -1.26. The molecule has 0 saturated heterocycles. The number of rotatable bonds is 4. The SMILES string of the molecule is CC#CCCC(N)c1ccc(CC)cc1. The van der Waals surface area contributed by atoms with Crippen molar-refractivity contribution in [2.45, 2.75) is 39.2 Å². The van der Waals surface area contributed by atoms with Gasteiger partial charge in [0.05, 0.1) is 0 Å². The van der Waals surface area contributed by atoms with Crippen LogP contribution in [-0.2, 0) is 6.42 Å². The zero-order valence-electron chi connectivity index (χ0n) is 9.59. The summed E-state index contributed by atoms with van der Waals surface area (Å²) < 4.78 is 0. The maximum absolute atomic E-state index is 6.06. The maximum atomic E-state index is 6.06. The first-order valence-corrected chi connectivity index (χ1v) is 5.52. The first kappa shape index (κ1) is 11.8. The minimum atomic E-state index is 0.122. The van der Waals surface area contributed by atoms with E-state index in [-0.39, 0.29) is 6.04 Å². The van der Waals surface area contributed by atoms with Crippen LogP contribution in [0.5, 0.6) is 0 Å². The number of hydrogen-bond acceptors (Lipinski definition) is 1. The van der Waals surface area contributed by atoms with E-state index in [0.717, 1.165) is 19.3 Å². The quantitative estimate of drug-likeness (QED) is 0.744. The van der Waals surface area contributed by atoms with E-state index in [1.54, 1.807) is 0 Å². The Morgan fingerprint density at radius 1 is 1.27 bits per heavy atom. The summed E-state index contributed by atoms with van der Waals surface area (Å²) in [5.74, 6) is 5.93. The second kappa shape index (κ2) is 6.27. The number of benzene rings is 1.